The van der Waals surface area contributed by atoms with Crippen molar-refractivity contribution >= 4 is 32.8 Å². The number of benzene rings is 2. The topological polar surface area (TPSA) is 72.5 Å². The smallest absolute Gasteiger partial charge is 0.265 e. The number of thiophene rings is 1. The van der Waals surface area contributed by atoms with Crippen molar-refractivity contribution in [3.05, 3.63) is 71.6 Å². The van der Waals surface area contributed by atoms with Crippen LogP contribution in [0.1, 0.15) is 16.6 Å². The molecule has 0 atom stereocenters. The number of sulfone groups is 1. The third-order valence-electron chi connectivity index (χ3n) is 3.56. The zero-order chi connectivity index (χ0) is 18.6. The molecule has 1 aromatic heterocycles. The number of hydrogen-bond acceptors (Lipinski definition) is 5. The Bertz CT molecular complexity index is 1010. The fourth-order valence-electron chi connectivity index (χ4n) is 2.34. The summed E-state index contributed by atoms with van der Waals surface area (Å²) in [4.78, 5) is 13.0. The summed E-state index contributed by atoms with van der Waals surface area (Å²) in [6, 6.07) is 18.2. The van der Waals surface area contributed by atoms with Gasteiger partial charge < -0.3 is 10.1 Å². The maximum absolute atomic E-state index is 12.6. The van der Waals surface area contributed by atoms with Gasteiger partial charge in [0.2, 0.25) is 9.84 Å². The van der Waals surface area contributed by atoms with Crippen molar-refractivity contribution in [3.63, 3.8) is 0 Å². The van der Waals surface area contributed by atoms with Crippen LogP contribution in [0.25, 0.3) is 0 Å². The predicted octanol–water partition coefficient (Wildman–Crippen LogP) is 4.23. The van der Waals surface area contributed by atoms with E-state index >= 15 is 0 Å². The van der Waals surface area contributed by atoms with Crippen molar-refractivity contribution in [2.45, 2.75) is 16.0 Å². The lowest BCUT2D eigenvalue weighted by molar-refractivity contribution is 0.103. The number of carbonyl (C=O) groups excluding carboxylic acids is 1. The molecule has 0 radical (unpaired) electrons. The van der Waals surface area contributed by atoms with E-state index in [4.69, 9.17) is 4.74 Å². The average Bonchev–Trinajstić information content (AvgIpc) is 3.15. The fraction of sp³-hybridized carbons (Fsp3) is 0.105. The van der Waals surface area contributed by atoms with Crippen LogP contribution in [0.3, 0.4) is 0 Å². The number of nitrogens with one attached hydrogen (secondary N) is 1. The van der Waals surface area contributed by atoms with Gasteiger partial charge in [-0.15, -0.1) is 11.3 Å². The Balaban J connectivity index is 1.83. The van der Waals surface area contributed by atoms with Gasteiger partial charge >= 0.3 is 0 Å². The summed E-state index contributed by atoms with van der Waals surface area (Å²) >= 11 is 0.940. The van der Waals surface area contributed by atoms with Crippen molar-refractivity contribution in [2.24, 2.45) is 0 Å². The lowest BCUT2D eigenvalue weighted by atomic mass is 10.3. The van der Waals surface area contributed by atoms with Gasteiger partial charge in [-0.3, -0.25) is 4.79 Å². The third-order valence-corrected chi connectivity index (χ3v) is 6.90. The minimum absolute atomic E-state index is 0.131. The minimum atomic E-state index is -3.63. The standard InChI is InChI=1S/C19H17NO4S2/c1-2-24-16-11-7-6-10-15(16)20-19(21)17-12-13-18(25-17)26(22,23)14-8-4-3-5-9-14/h3-13H,2H2,1H3,(H,20,21). The van der Waals surface area contributed by atoms with E-state index in [9.17, 15) is 13.2 Å². The Morgan fingerprint density at radius 2 is 1.69 bits per heavy atom. The summed E-state index contributed by atoms with van der Waals surface area (Å²) in [7, 11) is -3.63. The summed E-state index contributed by atoms with van der Waals surface area (Å²) < 4.78 is 30.9. The Morgan fingerprint density at radius 3 is 2.42 bits per heavy atom. The van der Waals surface area contributed by atoms with Gasteiger partial charge in [0.1, 0.15) is 9.96 Å². The Kier molecular flexibility index (Phi) is 5.39. The first-order chi connectivity index (χ1) is 12.5. The van der Waals surface area contributed by atoms with Crippen molar-refractivity contribution < 1.29 is 17.9 Å². The highest BCUT2D eigenvalue weighted by molar-refractivity contribution is 7.93. The average molecular weight is 387 g/mol. The molecule has 134 valence electrons. The van der Waals surface area contributed by atoms with Gasteiger partial charge in [0.25, 0.3) is 5.91 Å². The lowest BCUT2D eigenvalue weighted by Gasteiger charge is -2.10. The molecule has 26 heavy (non-hydrogen) atoms. The molecule has 0 aliphatic carbocycles. The van der Waals surface area contributed by atoms with Crippen molar-refractivity contribution in [1.29, 1.82) is 0 Å². The van der Waals surface area contributed by atoms with E-state index in [2.05, 4.69) is 5.32 Å². The first-order valence-corrected chi connectivity index (χ1v) is 10.3. The molecule has 5 nitrogen and oxygen atoms in total. The number of rotatable bonds is 6. The van der Waals surface area contributed by atoms with Crippen LogP contribution in [0.4, 0.5) is 5.69 Å². The van der Waals surface area contributed by atoms with E-state index < -0.39 is 9.84 Å². The number of anilines is 1. The lowest BCUT2D eigenvalue weighted by Crippen LogP contribution is -2.11. The van der Waals surface area contributed by atoms with Crippen LogP contribution in [0.15, 0.2) is 75.8 Å². The molecule has 1 heterocycles. The molecular formula is C19H17NO4S2. The number of para-hydroxylation sites is 2. The zero-order valence-corrected chi connectivity index (χ0v) is 15.6. The molecule has 7 heteroatoms. The molecule has 0 aliphatic heterocycles. The molecule has 0 unspecified atom stereocenters. The highest BCUT2D eigenvalue weighted by Crippen LogP contribution is 2.29. The van der Waals surface area contributed by atoms with Crippen molar-refractivity contribution in [2.75, 3.05) is 11.9 Å². The third kappa shape index (κ3) is 3.79. The fourth-order valence-corrected chi connectivity index (χ4v) is 4.96. The quantitative estimate of drug-likeness (QED) is 0.687. The molecule has 3 aromatic rings. The van der Waals surface area contributed by atoms with Crippen molar-refractivity contribution in [1.82, 2.24) is 0 Å². The van der Waals surface area contributed by atoms with E-state index in [1.54, 1.807) is 36.4 Å². The van der Waals surface area contributed by atoms with Gasteiger partial charge in [-0.2, -0.15) is 0 Å². The van der Waals surface area contributed by atoms with Gasteiger partial charge in [0.15, 0.2) is 0 Å². The molecule has 1 amide bonds. The summed E-state index contributed by atoms with van der Waals surface area (Å²) in [5, 5.41) is 2.77. The first-order valence-electron chi connectivity index (χ1n) is 7.95. The second-order valence-electron chi connectivity index (χ2n) is 5.32. The van der Waals surface area contributed by atoms with Crippen LogP contribution in [0, 0.1) is 0 Å². The number of amides is 1. The van der Waals surface area contributed by atoms with E-state index in [-0.39, 0.29) is 15.0 Å². The van der Waals surface area contributed by atoms with E-state index in [0.717, 1.165) is 11.3 Å². The molecule has 0 saturated heterocycles. The van der Waals surface area contributed by atoms with Gasteiger partial charge in [-0.05, 0) is 43.3 Å². The number of carbonyl (C=O) groups is 1. The van der Waals surface area contributed by atoms with Crippen LogP contribution in [-0.4, -0.2) is 20.9 Å². The predicted molar refractivity (Wildman–Crippen MR) is 102 cm³/mol. The summed E-state index contributed by atoms with van der Waals surface area (Å²) in [5.41, 5.74) is 0.542. The van der Waals surface area contributed by atoms with Gasteiger partial charge in [0.05, 0.1) is 22.1 Å². The molecule has 0 spiro atoms. The van der Waals surface area contributed by atoms with Crippen molar-refractivity contribution in [3.8, 4) is 5.75 Å². The Labute approximate surface area is 156 Å². The van der Waals surface area contributed by atoms with Crippen LogP contribution in [-0.2, 0) is 9.84 Å². The molecular weight excluding hydrogens is 370 g/mol. The monoisotopic (exact) mass is 387 g/mol. The molecule has 0 aliphatic rings. The first kappa shape index (κ1) is 18.2. The van der Waals surface area contributed by atoms with Gasteiger partial charge in [-0.25, -0.2) is 8.42 Å². The second-order valence-corrected chi connectivity index (χ2v) is 8.58. The number of hydrogen-bond donors (Lipinski definition) is 1. The van der Waals surface area contributed by atoms with Crippen LogP contribution >= 0.6 is 11.3 Å². The minimum Gasteiger partial charge on any atom is -0.492 e. The molecule has 1 N–H and O–H groups in total. The molecule has 2 aromatic carbocycles. The zero-order valence-electron chi connectivity index (χ0n) is 14.0. The second kappa shape index (κ2) is 7.72. The molecule has 0 bridgehead atoms. The highest BCUT2D eigenvalue weighted by Gasteiger charge is 2.21. The maximum atomic E-state index is 12.6. The molecule has 0 saturated carbocycles. The molecule has 3 rings (SSSR count). The normalized spacial score (nSPS) is 11.1. The van der Waals surface area contributed by atoms with Crippen LogP contribution < -0.4 is 10.1 Å². The Hall–Kier alpha value is -2.64. The SMILES string of the molecule is CCOc1ccccc1NC(=O)c1ccc(S(=O)(=O)c2ccccc2)s1. The van der Waals surface area contributed by atoms with Crippen LogP contribution in [0.5, 0.6) is 5.75 Å². The largest absolute Gasteiger partial charge is 0.492 e. The van der Waals surface area contributed by atoms with Gasteiger partial charge in [0, 0.05) is 0 Å². The van der Waals surface area contributed by atoms with Crippen LogP contribution in [0.2, 0.25) is 0 Å². The van der Waals surface area contributed by atoms with E-state index in [1.807, 2.05) is 13.0 Å². The summed E-state index contributed by atoms with van der Waals surface area (Å²) in [6.07, 6.45) is 0. The van der Waals surface area contributed by atoms with Gasteiger partial charge in [-0.1, -0.05) is 30.3 Å². The summed E-state index contributed by atoms with van der Waals surface area (Å²) in [6.45, 7) is 2.34. The van der Waals surface area contributed by atoms with E-state index in [0.29, 0.717) is 22.9 Å². The summed E-state index contributed by atoms with van der Waals surface area (Å²) in [5.74, 6) is 0.189. The number of ether oxygens (including phenoxy) is 1. The molecule has 0 fully saturated rings. The Morgan fingerprint density at radius 1 is 1.00 bits per heavy atom. The van der Waals surface area contributed by atoms with E-state index in [1.165, 1.54) is 24.3 Å². The highest BCUT2D eigenvalue weighted by atomic mass is 32.2. The maximum Gasteiger partial charge on any atom is 0.265 e.